The summed E-state index contributed by atoms with van der Waals surface area (Å²) in [6, 6.07) is 13.7. The first-order chi connectivity index (χ1) is 12.5. The highest BCUT2D eigenvalue weighted by Gasteiger charge is 2.16. The summed E-state index contributed by atoms with van der Waals surface area (Å²) in [6.07, 6.45) is 0. The highest BCUT2D eigenvalue weighted by atomic mass is 16.3. The monoisotopic (exact) mass is 351 g/mol. The van der Waals surface area contributed by atoms with E-state index in [1.807, 2.05) is 44.2 Å². The number of nitrogens with zero attached hydrogens (tertiary/aromatic N) is 2. The third-order valence-electron chi connectivity index (χ3n) is 3.98. The van der Waals surface area contributed by atoms with Crippen molar-refractivity contribution < 1.29 is 9.90 Å². The molecule has 2 N–H and O–H groups in total. The number of aromatic nitrogens is 2. The van der Waals surface area contributed by atoms with E-state index in [0.29, 0.717) is 23.8 Å². The van der Waals surface area contributed by atoms with Crippen molar-refractivity contribution in [3.8, 4) is 17.1 Å². The number of benzene rings is 2. The van der Waals surface area contributed by atoms with Gasteiger partial charge in [-0.1, -0.05) is 44.2 Å². The third kappa shape index (κ3) is 3.74. The molecule has 0 saturated heterocycles. The largest absolute Gasteiger partial charge is 0.508 e. The van der Waals surface area contributed by atoms with Gasteiger partial charge in [0.05, 0.1) is 10.9 Å². The van der Waals surface area contributed by atoms with Crippen LogP contribution in [0.2, 0.25) is 0 Å². The molecule has 1 aromatic heterocycles. The second-order valence-corrected chi connectivity index (χ2v) is 6.59. The fourth-order valence-corrected chi connectivity index (χ4v) is 2.68. The average molecular weight is 351 g/mol. The molecule has 0 atom stereocenters. The highest BCUT2D eigenvalue weighted by Crippen LogP contribution is 2.21. The zero-order chi connectivity index (χ0) is 18.7. The summed E-state index contributed by atoms with van der Waals surface area (Å²) in [7, 11) is 0. The van der Waals surface area contributed by atoms with Crippen LogP contribution in [-0.4, -0.2) is 27.1 Å². The van der Waals surface area contributed by atoms with E-state index >= 15 is 0 Å². The Morgan fingerprint density at radius 3 is 2.62 bits per heavy atom. The number of carbonyl (C=O) groups is 1. The Balaban J connectivity index is 2.13. The second-order valence-electron chi connectivity index (χ2n) is 6.59. The summed E-state index contributed by atoms with van der Waals surface area (Å²) in [5, 5.41) is 12.8. The van der Waals surface area contributed by atoms with Gasteiger partial charge in [0.25, 0.3) is 5.56 Å². The Bertz CT molecular complexity index is 994. The van der Waals surface area contributed by atoms with E-state index < -0.39 is 0 Å². The maximum atomic E-state index is 13.0. The Morgan fingerprint density at radius 1 is 1.19 bits per heavy atom. The number of carbonyl (C=O) groups excluding carboxylic acids is 1. The van der Waals surface area contributed by atoms with Gasteiger partial charge in [-0.3, -0.25) is 14.2 Å². The number of nitrogens with one attached hydrogen (secondary N) is 1. The van der Waals surface area contributed by atoms with Crippen LogP contribution in [0.15, 0.2) is 53.3 Å². The molecule has 3 aromatic rings. The molecular formula is C20H21N3O3. The molecule has 0 aliphatic heterocycles. The van der Waals surface area contributed by atoms with E-state index in [2.05, 4.69) is 10.3 Å². The molecular weight excluding hydrogens is 330 g/mol. The lowest BCUT2D eigenvalue weighted by Crippen LogP contribution is -2.35. The fraction of sp³-hybridized carbons (Fsp3) is 0.250. The van der Waals surface area contributed by atoms with E-state index in [-0.39, 0.29) is 29.1 Å². The smallest absolute Gasteiger partial charge is 0.262 e. The summed E-state index contributed by atoms with van der Waals surface area (Å²) >= 11 is 0. The van der Waals surface area contributed by atoms with Crippen molar-refractivity contribution >= 4 is 16.8 Å². The van der Waals surface area contributed by atoms with Gasteiger partial charge in [-0.25, -0.2) is 4.98 Å². The lowest BCUT2D eigenvalue weighted by atomic mass is 10.1. The second kappa shape index (κ2) is 7.39. The molecule has 3 rings (SSSR count). The zero-order valence-corrected chi connectivity index (χ0v) is 14.8. The van der Waals surface area contributed by atoms with Gasteiger partial charge >= 0.3 is 0 Å². The molecule has 0 saturated carbocycles. The maximum absolute atomic E-state index is 13.0. The van der Waals surface area contributed by atoms with Gasteiger partial charge in [0, 0.05) is 12.1 Å². The Morgan fingerprint density at radius 2 is 1.92 bits per heavy atom. The van der Waals surface area contributed by atoms with E-state index in [4.69, 9.17) is 0 Å². The fourth-order valence-electron chi connectivity index (χ4n) is 2.68. The number of phenolic OH excluding ortho intramolecular Hbond substituents is 1. The molecule has 134 valence electrons. The van der Waals surface area contributed by atoms with Crippen molar-refractivity contribution in [2.45, 2.75) is 20.4 Å². The van der Waals surface area contributed by atoms with E-state index in [1.54, 1.807) is 6.07 Å². The van der Waals surface area contributed by atoms with Gasteiger partial charge in [0.15, 0.2) is 0 Å². The van der Waals surface area contributed by atoms with Crippen molar-refractivity contribution in [2.75, 3.05) is 6.54 Å². The van der Waals surface area contributed by atoms with Crippen molar-refractivity contribution in [2.24, 2.45) is 5.92 Å². The topological polar surface area (TPSA) is 84.2 Å². The van der Waals surface area contributed by atoms with Crippen LogP contribution in [0.5, 0.6) is 5.75 Å². The van der Waals surface area contributed by atoms with Crippen molar-refractivity contribution in [3.05, 3.63) is 58.9 Å². The van der Waals surface area contributed by atoms with Gasteiger partial charge in [-0.05, 0) is 24.1 Å². The molecule has 0 radical (unpaired) electrons. The first-order valence-electron chi connectivity index (χ1n) is 8.51. The molecule has 0 bridgehead atoms. The number of phenols is 1. The predicted molar refractivity (Wildman–Crippen MR) is 101 cm³/mol. The Kier molecular flexibility index (Phi) is 5.02. The minimum Gasteiger partial charge on any atom is -0.508 e. The number of amides is 1. The standard InChI is InChI=1S/C20H21N3O3/c1-13(2)11-21-18(25)12-23-19(14-6-4-3-5-7-14)22-17-9-8-15(24)10-16(17)20(23)26/h3-10,13,24H,11-12H2,1-2H3,(H,21,25). The van der Waals surface area contributed by atoms with Gasteiger partial charge in [0.1, 0.15) is 18.1 Å². The number of hydrogen-bond donors (Lipinski definition) is 2. The molecule has 0 unspecified atom stereocenters. The minimum atomic E-state index is -0.357. The summed E-state index contributed by atoms with van der Waals surface area (Å²) in [5.74, 6) is 0.475. The van der Waals surface area contributed by atoms with Crippen molar-refractivity contribution in [1.29, 1.82) is 0 Å². The molecule has 0 fully saturated rings. The van der Waals surface area contributed by atoms with Crippen LogP contribution >= 0.6 is 0 Å². The number of hydrogen-bond acceptors (Lipinski definition) is 4. The van der Waals surface area contributed by atoms with Gasteiger partial charge in [-0.2, -0.15) is 0 Å². The van der Waals surface area contributed by atoms with Gasteiger partial charge < -0.3 is 10.4 Å². The Hall–Kier alpha value is -3.15. The van der Waals surface area contributed by atoms with Crippen molar-refractivity contribution in [1.82, 2.24) is 14.9 Å². The van der Waals surface area contributed by atoms with Crippen LogP contribution in [0.25, 0.3) is 22.3 Å². The van der Waals surface area contributed by atoms with Crippen LogP contribution in [0, 0.1) is 5.92 Å². The highest BCUT2D eigenvalue weighted by molar-refractivity contribution is 5.82. The summed E-state index contributed by atoms with van der Waals surface area (Å²) in [5.41, 5.74) is 0.867. The van der Waals surface area contributed by atoms with Gasteiger partial charge in [-0.15, -0.1) is 0 Å². The Labute approximate surface area is 151 Å². The summed E-state index contributed by atoms with van der Waals surface area (Å²) < 4.78 is 1.35. The maximum Gasteiger partial charge on any atom is 0.262 e. The lowest BCUT2D eigenvalue weighted by molar-refractivity contribution is -0.121. The van der Waals surface area contributed by atoms with Crippen molar-refractivity contribution in [3.63, 3.8) is 0 Å². The average Bonchev–Trinajstić information content (AvgIpc) is 2.63. The minimum absolute atomic E-state index is 0.0142. The number of fused-ring (bicyclic) bond motifs is 1. The summed E-state index contributed by atoms with van der Waals surface area (Å²) in [4.78, 5) is 29.9. The van der Waals surface area contributed by atoms with Crippen LogP contribution in [0.1, 0.15) is 13.8 Å². The molecule has 0 spiro atoms. The quantitative estimate of drug-likeness (QED) is 0.740. The zero-order valence-electron chi connectivity index (χ0n) is 14.8. The van der Waals surface area contributed by atoms with Gasteiger partial charge in [0.2, 0.25) is 5.91 Å². The molecule has 2 aromatic carbocycles. The normalized spacial score (nSPS) is 11.0. The van der Waals surface area contributed by atoms with Crippen LogP contribution in [-0.2, 0) is 11.3 Å². The lowest BCUT2D eigenvalue weighted by Gasteiger charge is -2.14. The number of rotatable bonds is 5. The van der Waals surface area contributed by atoms with E-state index in [9.17, 15) is 14.7 Å². The van der Waals surface area contributed by atoms with Crippen LogP contribution in [0.4, 0.5) is 0 Å². The molecule has 1 amide bonds. The molecule has 6 nitrogen and oxygen atoms in total. The third-order valence-corrected chi connectivity index (χ3v) is 3.98. The first-order valence-corrected chi connectivity index (χ1v) is 8.51. The van der Waals surface area contributed by atoms with E-state index in [0.717, 1.165) is 5.56 Å². The van der Waals surface area contributed by atoms with Crippen LogP contribution in [0.3, 0.4) is 0 Å². The molecule has 0 aliphatic rings. The SMILES string of the molecule is CC(C)CNC(=O)Cn1c(-c2ccccc2)nc2ccc(O)cc2c1=O. The van der Waals surface area contributed by atoms with Crippen LogP contribution < -0.4 is 10.9 Å². The first kappa shape index (κ1) is 17.7. The summed E-state index contributed by atoms with van der Waals surface area (Å²) in [6.45, 7) is 4.41. The molecule has 26 heavy (non-hydrogen) atoms. The molecule has 1 heterocycles. The molecule has 6 heteroatoms. The predicted octanol–water partition coefficient (Wildman–Crippen LogP) is 2.54. The van der Waals surface area contributed by atoms with E-state index in [1.165, 1.54) is 16.7 Å². The molecule has 0 aliphatic carbocycles. The number of aromatic hydroxyl groups is 1.